The summed E-state index contributed by atoms with van der Waals surface area (Å²) >= 11 is 1.75. The number of carbonyl (C=O) groups is 1. The maximum absolute atomic E-state index is 10.8. The smallest absolute Gasteiger partial charge is 0.308 e. The topological polar surface area (TPSA) is 40.5 Å². The van der Waals surface area contributed by atoms with E-state index in [1.165, 1.54) is 0 Å². The number of rotatable bonds is 2. The van der Waals surface area contributed by atoms with Gasteiger partial charge in [-0.1, -0.05) is 6.92 Å². The van der Waals surface area contributed by atoms with Crippen LogP contribution in [-0.2, 0) is 4.79 Å². The number of carboxylic acid groups (broad SMARTS) is 1. The van der Waals surface area contributed by atoms with Crippen LogP contribution in [0.3, 0.4) is 0 Å². The minimum Gasteiger partial charge on any atom is -0.481 e. The third kappa shape index (κ3) is 1.75. The lowest BCUT2D eigenvalue weighted by molar-refractivity contribution is -0.142. The zero-order valence-corrected chi connectivity index (χ0v) is 8.47. The molecule has 1 aliphatic heterocycles. The summed E-state index contributed by atoms with van der Waals surface area (Å²) in [5.74, 6) is -0.107. The van der Waals surface area contributed by atoms with Crippen molar-refractivity contribution in [1.29, 1.82) is 0 Å². The molecule has 0 spiro atoms. The number of hydrogen-bond donors (Lipinski definition) is 1. The largest absolute Gasteiger partial charge is 0.481 e. The molecule has 3 nitrogen and oxygen atoms in total. The Balaban J connectivity index is 2.70. The molecule has 0 radical (unpaired) electrons. The average Bonchev–Trinajstić information content (AvgIpc) is 2.30. The minimum atomic E-state index is -0.662. The predicted molar refractivity (Wildman–Crippen MR) is 50.5 cm³/mol. The highest BCUT2D eigenvalue weighted by atomic mass is 32.2. The van der Waals surface area contributed by atoms with Gasteiger partial charge in [0, 0.05) is 17.0 Å². The standard InChI is InChI=1S/C8H15NO2S/c1-5-7(9(2)3)6(4-12-5)8(10)11/h5-7H,4H2,1-3H3,(H,10,11). The number of nitrogens with zero attached hydrogens (tertiary/aromatic N) is 1. The van der Waals surface area contributed by atoms with Crippen molar-refractivity contribution >= 4 is 17.7 Å². The molecule has 0 aromatic carbocycles. The van der Waals surface area contributed by atoms with Crippen LogP contribution in [0.1, 0.15) is 6.92 Å². The van der Waals surface area contributed by atoms with Crippen molar-refractivity contribution in [3.05, 3.63) is 0 Å². The van der Waals surface area contributed by atoms with Crippen molar-refractivity contribution in [3.63, 3.8) is 0 Å². The molecule has 3 atom stereocenters. The molecule has 0 bridgehead atoms. The lowest BCUT2D eigenvalue weighted by Gasteiger charge is -2.26. The SMILES string of the molecule is CC1SCC(C(=O)O)C1N(C)C. The first kappa shape index (κ1) is 9.86. The van der Waals surface area contributed by atoms with E-state index in [0.29, 0.717) is 5.25 Å². The Labute approximate surface area is 77.1 Å². The number of aliphatic carboxylic acids is 1. The summed E-state index contributed by atoms with van der Waals surface area (Å²) in [7, 11) is 3.89. The van der Waals surface area contributed by atoms with E-state index in [1.54, 1.807) is 11.8 Å². The van der Waals surface area contributed by atoms with Gasteiger partial charge in [0.15, 0.2) is 0 Å². The van der Waals surface area contributed by atoms with Crippen LogP contribution >= 0.6 is 11.8 Å². The molecule has 1 fully saturated rings. The van der Waals surface area contributed by atoms with Gasteiger partial charge in [-0.3, -0.25) is 4.79 Å². The molecule has 12 heavy (non-hydrogen) atoms. The van der Waals surface area contributed by atoms with E-state index in [1.807, 2.05) is 19.0 Å². The third-order valence-corrected chi connectivity index (χ3v) is 3.70. The van der Waals surface area contributed by atoms with Gasteiger partial charge in [0.1, 0.15) is 0 Å². The molecule has 3 unspecified atom stereocenters. The van der Waals surface area contributed by atoms with Crippen molar-refractivity contribution in [3.8, 4) is 0 Å². The van der Waals surface area contributed by atoms with Gasteiger partial charge in [-0.15, -0.1) is 0 Å². The molecule has 1 aliphatic rings. The van der Waals surface area contributed by atoms with Gasteiger partial charge >= 0.3 is 5.97 Å². The van der Waals surface area contributed by atoms with Gasteiger partial charge < -0.3 is 10.0 Å². The molecule has 0 amide bonds. The maximum Gasteiger partial charge on any atom is 0.308 e. The average molecular weight is 189 g/mol. The van der Waals surface area contributed by atoms with Gasteiger partial charge in [-0.05, 0) is 14.1 Å². The molecule has 0 saturated carbocycles. The molecule has 0 aromatic heterocycles. The highest BCUT2D eigenvalue weighted by Gasteiger charge is 2.39. The minimum absolute atomic E-state index is 0.187. The van der Waals surface area contributed by atoms with Gasteiger partial charge in [-0.25, -0.2) is 0 Å². The van der Waals surface area contributed by atoms with Crippen LogP contribution < -0.4 is 0 Å². The monoisotopic (exact) mass is 189 g/mol. The Hall–Kier alpha value is -0.220. The lowest BCUT2D eigenvalue weighted by atomic mass is 9.99. The quantitative estimate of drug-likeness (QED) is 0.696. The molecule has 1 rings (SSSR count). The molecule has 1 heterocycles. The van der Waals surface area contributed by atoms with E-state index in [0.717, 1.165) is 5.75 Å². The number of carboxylic acids is 1. The summed E-state index contributed by atoms with van der Waals surface area (Å²) < 4.78 is 0. The van der Waals surface area contributed by atoms with Gasteiger partial charge in [0.2, 0.25) is 0 Å². The van der Waals surface area contributed by atoms with Gasteiger partial charge in [0.05, 0.1) is 5.92 Å². The zero-order valence-electron chi connectivity index (χ0n) is 7.65. The second kappa shape index (κ2) is 3.66. The van der Waals surface area contributed by atoms with Crippen LogP contribution in [0.4, 0.5) is 0 Å². The Morgan fingerprint density at radius 2 is 2.17 bits per heavy atom. The van der Waals surface area contributed by atoms with Crippen molar-refractivity contribution in [2.75, 3.05) is 19.8 Å². The Morgan fingerprint density at radius 3 is 2.50 bits per heavy atom. The fourth-order valence-electron chi connectivity index (χ4n) is 1.78. The van der Waals surface area contributed by atoms with Crippen LogP contribution in [0.2, 0.25) is 0 Å². The fraction of sp³-hybridized carbons (Fsp3) is 0.875. The van der Waals surface area contributed by atoms with Crippen LogP contribution in [0.5, 0.6) is 0 Å². The summed E-state index contributed by atoms with van der Waals surface area (Å²) in [6, 6.07) is 0.187. The third-order valence-electron chi connectivity index (χ3n) is 2.35. The Morgan fingerprint density at radius 1 is 1.58 bits per heavy atom. The first-order valence-corrected chi connectivity index (χ1v) is 5.09. The summed E-state index contributed by atoms with van der Waals surface area (Å²) in [5, 5.41) is 9.34. The van der Waals surface area contributed by atoms with E-state index < -0.39 is 5.97 Å². The molecule has 70 valence electrons. The van der Waals surface area contributed by atoms with E-state index in [-0.39, 0.29) is 12.0 Å². The van der Waals surface area contributed by atoms with Crippen LogP contribution in [0.25, 0.3) is 0 Å². The molecular formula is C8H15NO2S. The fourth-order valence-corrected chi connectivity index (χ4v) is 3.26. The molecule has 1 N–H and O–H groups in total. The molecule has 4 heteroatoms. The highest BCUT2D eigenvalue weighted by molar-refractivity contribution is 8.00. The Bertz CT molecular complexity index is 184. The normalized spacial score (nSPS) is 35.8. The summed E-state index contributed by atoms with van der Waals surface area (Å²) in [6.07, 6.45) is 0. The first-order chi connectivity index (χ1) is 5.54. The van der Waals surface area contributed by atoms with E-state index >= 15 is 0 Å². The summed E-state index contributed by atoms with van der Waals surface area (Å²) in [5.41, 5.74) is 0. The van der Waals surface area contributed by atoms with E-state index in [2.05, 4.69) is 6.92 Å². The molecule has 1 saturated heterocycles. The molecule has 0 aromatic rings. The van der Waals surface area contributed by atoms with Gasteiger partial charge in [0.25, 0.3) is 0 Å². The second-order valence-corrected chi connectivity index (χ2v) is 4.85. The second-order valence-electron chi connectivity index (χ2n) is 3.44. The summed E-state index contributed by atoms with van der Waals surface area (Å²) in [4.78, 5) is 12.8. The van der Waals surface area contributed by atoms with Gasteiger partial charge in [-0.2, -0.15) is 11.8 Å². The highest BCUT2D eigenvalue weighted by Crippen LogP contribution is 2.33. The van der Waals surface area contributed by atoms with Crippen molar-refractivity contribution in [2.24, 2.45) is 5.92 Å². The zero-order chi connectivity index (χ0) is 9.30. The number of thioether (sulfide) groups is 1. The van der Waals surface area contributed by atoms with Crippen molar-refractivity contribution in [2.45, 2.75) is 18.2 Å². The van der Waals surface area contributed by atoms with Crippen molar-refractivity contribution < 1.29 is 9.90 Å². The number of hydrogen-bond acceptors (Lipinski definition) is 3. The molecular weight excluding hydrogens is 174 g/mol. The maximum atomic E-state index is 10.8. The lowest BCUT2D eigenvalue weighted by Crippen LogP contribution is -2.41. The van der Waals surface area contributed by atoms with Crippen molar-refractivity contribution in [1.82, 2.24) is 4.90 Å². The Kier molecular flexibility index (Phi) is 3.01. The molecule has 0 aliphatic carbocycles. The first-order valence-electron chi connectivity index (χ1n) is 4.05. The van der Waals surface area contributed by atoms with Crippen LogP contribution in [0.15, 0.2) is 0 Å². The van der Waals surface area contributed by atoms with Crippen LogP contribution in [-0.4, -0.2) is 47.1 Å². The van der Waals surface area contributed by atoms with E-state index in [4.69, 9.17) is 5.11 Å². The van der Waals surface area contributed by atoms with Crippen LogP contribution in [0, 0.1) is 5.92 Å². The predicted octanol–water partition coefficient (Wildman–Crippen LogP) is 0.753. The van der Waals surface area contributed by atoms with E-state index in [9.17, 15) is 4.79 Å². The summed E-state index contributed by atoms with van der Waals surface area (Å²) in [6.45, 7) is 2.10.